The van der Waals surface area contributed by atoms with Crippen molar-refractivity contribution in [1.82, 2.24) is 0 Å². The molecule has 0 bridgehead atoms. The average molecular weight is 330 g/mol. The molecule has 2 N–H and O–H groups in total. The van der Waals surface area contributed by atoms with E-state index >= 15 is 0 Å². The highest BCUT2D eigenvalue weighted by Crippen LogP contribution is 2.37. The Hall–Kier alpha value is -2.36. The Morgan fingerprint density at radius 3 is 1.38 bits per heavy atom. The van der Waals surface area contributed by atoms with E-state index in [1.807, 2.05) is 12.1 Å². The average Bonchev–Trinajstić information content (AvgIpc) is 2.60. The molecule has 0 heterocycles. The van der Waals surface area contributed by atoms with Gasteiger partial charge in [0.2, 0.25) is 0 Å². The van der Waals surface area contributed by atoms with Gasteiger partial charge in [-0.1, -0.05) is 26.0 Å². The van der Waals surface area contributed by atoms with Crippen molar-refractivity contribution in [2.75, 3.05) is 14.2 Å². The molecular weight excluding hydrogens is 304 g/mol. The van der Waals surface area contributed by atoms with Crippen LogP contribution in [0.2, 0.25) is 0 Å². The summed E-state index contributed by atoms with van der Waals surface area (Å²) >= 11 is 0. The first-order valence-corrected chi connectivity index (χ1v) is 8.32. The lowest BCUT2D eigenvalue weighted by Crippen LogP contribution is -2.04. The number of benzene rings is 2. The Morgan fingerprint density at radius 2 is 1.08 bits per heavy atom. The summed E-state index contributed by atoms with van der Waals surface area (Å²) in [7, 11) is 3.15. The van der Waals surface area contributed by atoms with E-state index in [2.05, 4.69) is 13.8 Å². The Balaban J connectivity index is 2.42. The highest BCUT2D eigenvalue weighted by molar-refractivity contribution is 5.53. The van der Waals surface area contributed by atoms with Crippen molar-refractivity contribution in [1.29, 1.82) is 0 Å². The van der Waals surface area contributed by atoms with Crippen LogP contribution in [-0.4, -0.2) is 24.4 Å². The lowest BCUT2D eigenvalue weighted by molar-refractivity contribution is 0.365. The number of hydrogen-bond acceptors (Lipinski definition) is 4. The standard InChI is InChI=1S/C20H26O4/c1-5-13-7-11-17(21)19(23-3)15(13)9-10-16-14(6-2)8-12-18(22)20(16)24-4/h7-8,11-12,21-22H,5-6,9-10H2,1-4H3. The molecule has 130 valence electrons. The van der Waals surface area contributed by atoms with E-state index in [-0.39, 0.29) is 11.5 Å². The van der Waals surface area contributed by atoms with E-state index in [0.717, 1.165) is 35.1 Å². The maximum atomic E-state index is 10.1. The van der Waals surface area contributed by atoms with E-state index in [1.165, 1.54) is 0 Å². The van der Waals surface area contributed by atoms with Crippen LogP contribution >= 0.6 is 0 Å². The van der Waals surface area contributed by atoms with Crippen LogP contribution in [-0.2, 0) is 25.7 Å². The molecule has 0 aliphatic heterocycles. The first kappa shape index (κ1) is 18.0. The molecular formula is C20H26O4. The summed E-state index contributed by atoms with van der Waals surface area (Å²) in [5, 5.41) is 20.1. The molecule has 0 unspecified atom stereocenters. The minimum Gasteiger partial charge on any atom is -0.504 e. The zero-order valence-electron chi connectivity index (χ0n) is 14.8. The van der Waals surface area contributed by atoms with E-state index in [0.29, 0.717) is 24.3 Å². The van der Waals surface area contributed by atoms with Gasteiger partial charge in [-0.2, -0.15) is 0 Å². The van der Waals surface area contributed by atoms with Crippen LogP contribution in [0.25, 0.3) is 0 Å². The predicted octanol–water partition coefficient (Wildman–Crippen LogP) is 4.03. The van der Waals surface area contributed by atoms with Gasteiger partial charge < -0.3 is 19.7 Å². The summed E-state index contributed by atoms with van der Waals surface area (Å²) in [5.41, 5.74) is 4.32. The number of rotatable bonds is 7. The molecule has 0 fully saturated rings. The SMILES string of the molecule is CCc1ccc(O)c(OC)c1CCc1c(CC)ccc(O)c1OC. The fourth-order valence-electron chi connectivity index (χ4n) is 3.23. The summed E-state index contributed by atoms with van der Waals surface area (Å²) in [4.78, 5) is 0. The van der Waals surface area contributed by atoms with Crippen LogP contribution in [0.3, 0.4) is 0 Å². The number of aromatic hydroxyl groups is 2. The molecule has 2 aromatic rings. The van der Waals surface area contributed by atoms with E-state index in [1.54, 1.807) is 26.4 Å². The lowest BCUT2D eigenvalue weighted by Gasteiger charge is -2.17. The van der Waals surface area contributed by atoms with E-state index in [9.17, 15) is 10.2 Å². The van der Waals surface area contributed by atoms with Crippen molar-refractivity contribution in [2.45, 2.75) is 39.5 Å². The molecule has 0 saturated heterocycles. The molecule has 0 saturated carbocycles. The van der Waals surface area contributed by atoms with Crippen molar-refractivity contribution in [3.63, 3.8) is 0 Å². The fourth-order valence-corrected chi connectivity index (χ4v) is 3.23. The summed E-state index contributed by atoms with van der Waals surface area (Å²) < 4.78 is 10.8. The second kappa shape index (κ2) is 7.95. The molecule has 2 rings (SSSR count). The first-order chi connectivity index (χ1) is 11.6. The fraction of sp³-hybridized carbons (Fsp3) is 0.400. The molecule has 0 aromatic heterocycles. The summed E-state index contributed by atoms with van der Waals surface area (Å²) in [6.45, 7) is 4.17. The van der Waals surface area contributed by atoms with Crippen molar-refractivity contribution in [3.05, 3.63) is 46.5 Å². The number of methoxy groups -OCH3 is 2. The van der Waals surface area contributed by atoms with Gasteiger partial charge in [0.15, 0.2) is 23.0 Å². The second-order valence-corrected chi connectivity index (χ2v) is 5.72. The highest BCUT2D eigenvalue weighted by atomic mass is 16.5. The van der Waals surface area contributed by atoms with Crippen molar-refractivity contribution in [3.8, 4) is 23.0 Å². The number of ether oxygens (including phenoxy) is 2. The number of aryl methyl sites for hydroxylation is 2. The number of hydrogen-bond donors (Lipinski definition) is 2. The van der Waals surface area contributed by atoms with E-state index < -0.39 is 0 Å². The molecule has 2 aromatic carbocycles. The van der Waals surface area contributed by atoms with Crippen LogP contribution in [0.4, 0.5) is 0 Å². The highest BCUT2D eigenvalue weighted by Gasteiger charge is 2.17. The van der Waals surface area contributed by atoms with Gasteiger partial charge in [-0.25, -0.2) is 0 Å². The normalized spacial score (nSPS) is 10.7. The second-order valence-electron chi connectivity index (χ2n) is 5.72. The lowest BCUT2D eigenvalue weighted by atomic mass is 9.93. The van der Waals surface area contributed by atoms with Gasteiger partial charge in [0, 0.05) is 11.1 Å². The van der Waals surface area contributed by atoms with Crippen molar-refractivity contribution < 1.29 is 19.7 Å². The molecule has 0 spiro atoms. The third kappa shape index (κ3) is 3.42. The van der Waals surface area contributed by atoms with Crippen LogP contribution in [0, 0.1) is 0 Å². The summed E-state index contributed by atoms with van der Waals surface area (Å²) in [5.74, 6) is 1.38. The minimum absolute atomic E-state index is 0.156. The quantitative estimate of drug-likeness (QED) is 0.805. The van der Waals surface area contributed by atoms with Gasteiger partial charge >= 0.3 is 0 Å². The molecule has 4 heteroatoms. The molecule has 0 atom stereocenters. The Kier molecular flexibility index (Phi) is 5.96. The largest absolute Gasteiger partial charge is 0.504 e. The van der Waals surface area contributed by atoms with Gasteiger partial charge in [-0.15, -0.1) is 0 Å². The molecule has 0 aliphatic rings. The maximum absolute atomic E-state index is 10.1. The van der Waals surface area contributed by atoms with Crippen LogP contribution < -0.4 is 9.47 Å². The van der Waals surface area contributed by atoms with E-state index in [4.69, 9.17) is 9.47 Å². The maximum Gasteiger partial charge on any atom is 0.163 e. The third-order valence-electron chi connectivity index (χ3n) is 4.47. The zero-order chi connectivity index (χ0) is 17.7. The van der Waals surface area contributed by atoms with Gasteiger partial charge in [0.1, 0.15) is 0 Å². The van der Waals surface area contributed by atoms with Crippen LogP contribution in [0.15, 0.2) is 24.3 Å². The smallest absolute Gasteiger partial charge is 0.163 e. The predicted molar refractivity (Wildman–Crippen MR) is 95.5 cm³/mol. The van der Waals surface area contributed by atoms with Crippen molar-refractivity contribution in [2.24, 2.45) is 0 Å². The third-order valence-corrected chi connectivity index (χ3v) is 4.47. The minimum atomic E-state index is 0.156. The van der Waals surface area contributed by atoms with Gasteiger partial charge in [0.25, 0.3) is 0 Å². The van der Waals surface area contributed by atoms with Gasteiger partial charge in [0.05, 0.1) is 14.2 Å². The topological polar surface area (TPSA) is 58.9 Å². The molecule has 0 radical (unpaired) electrons. The van der Waals surface area contributed by atoms with Gasteiger partial charge in [-0.3, -0.25) is 0 Å². The Labute approximate surface area is 143 Å². The number of phenols is 2. The molecule has 0 amide bonds. The number of phenolic OH excluding ortho intramolecular Hbond substituents is 2. The first-order valence-electron chi connectivity index (χ1n) is 8.32. The molecule has 0 aliphatic carbocycles. The van der Waals surface area contributed by atoms with Crippen molar-refractivity contribution >= 4 is 0 Å². The molecule has 4 nitrogen and oxygen atoms in total. The molecule has 24 heavy (non-hydrogen) atoms. The Morgan fingerprint density at radius 1 is 0.708 bits per heavy atom. The summed E-state index contributed by atoms with van der Waals surface area (Å²) in [6.07, 6.45) is 3.13. The van der Waals surface area contributed by atoms with Crippen LogP contribution in [0.1, 0.15) is 36.1 Å². The monoisotopic (exact) mass is 330 g/mol. The van der Waals surface area contributed by atoms with Crippen LogP contribution in [0.5, 0.6) is 23.0 Å². The Bertz CT molecular complexity index is 646. The zero-order valence-corrected chi connectivity index (χ0v) is 14.8. The van der Waals surface area contributed by atoms with Gasteiger partial charge in [-0.05, 0) is 48.9 Å². The summed E-state index contributed by atoms with van der Waals surface area (Å²) in [6, 6.07) is 7.22.